The number of nitrogens with two attached hydrogens (primary N) is 1. The van der Waals surface area contributed by atoms with Crippen LogP contribution in [0.5, 0.6) is 0 Å². The molecular formula is C24H29N7O6. The third-order valence-electron chi connectivity index (χ3n) is 6.27. The van der Waals surface area contributed by atoms with Gasteiger partial charge in [-0.3, -0.25) is 9.36 Å². The number of allylic oxidation sites excluding steroid dienone is 1. The monoisotopic (exact) mass is 511 g/mol. The molecule has 1 amide bonds. The molecule has 13 heteroatoms. The molecule has 1 aliphatic heterocycles. The maximum atomic E-state index is 11.2. The Hall–Kier alpha value is -3.87. The zero-order chi connectivity index (χ0) is 26.5. The van der Waals surface area contributed by atoms with E-state index in [9.17, 15) is 24.9 Å². The second-order valence-corrected chi connectivity index (χ2v) is 8.60. The molecule has 0 spiro atoms. The van der Waals surface area contributed by atoms with E-state index < -0.39 is 30.8 Å². The standard InChI is InChI=1S/C24H29N7O6/c1-2-30(13-33)22(36)19-17(34)18(35)23(37-19)31-12-27-16-20(25)28-24(29-21(16)31)26-10-9-15-7-5-14(6-8-15)4-3-11-32/h3,5-8,12-13,17-19,22-23,34-36H,2,4,9-10H2,1H3,(H3,25,26,28,29)/t17-,18+,19-,22?,23+/m0/s1. The lowest BCUT2D eigenvalue weighted by Crippen LogP contribution is -2.48. The van der Waals surface area contributed by atoms with Crippen LogP contribution in [0.3, 0.4) is 0 Å². The summed E-state index contributed by atoms with van der Waals surface area (Å²) in [7, 11) is 0. The number of aromatic nitrogens is 4. The normalized spacial score (nSPS) is 21.9. The van der Waals surface area contributed by atoms with Crippen molar-refractivity contribution in [2.75, 3.05) is 24.1 Å². The Labute approximate surface area is 212 Å². The van der Waals surface area contributed by atoms with Crippen LogP contribution in [0.2, 0.25) is 0 Å². The van der Waals surface area contributed by atoms with Crippen LogP contribution in [-0.4, -0.2) is 89.7 Å². The van der Waals surface area contributed by atoms with E-state index in [0.29, 0.717) is 25.8 Å². The molecule has 5 atom stereocenters. The third-order valence-corrected chi connectivity index (χ3v) is 6.27. The van der Waals surface area contributed by atoms with E-state index >= 15 is 0 Å². The van der Waals surface area contributed by atoms with Crippen LogP contribution in [0.15, 0.2) is 36.7 Å². The number of nitrogen functional groups attached to an aromatic ring is 1. The van der Waals surface area contributed by atoms with E-state index in [0.717, 1.165) is 16.0 Å². The second-order valence-electron chi connectivity index (χ2n) is 8.60. The molecule has 0 bridgehead atoms. The molecule has 1 unspecified atom stereocenters. The lowest BCUT2D eigenvalue weighted by atomic mass is 10.1. The van der Waals surface area contributed by atoms with Gasteiger partial charge in [-0.2, -0.15) is 9.97 Å². The molecule has 2 aromatic heterocycles. The number of hydrogen-bond donors (Lipinski definition) is 5. The van der Waals surface area contributed by atoms with Crippen LogP contribution in [0.4, 0.5) is 11.8 Å². The van der Waals surface area contributed by atoms with Crippen molar-refractivity contribution in [3.05, 3.63) is 47.8 Å². The molecule has 1 fully saturated rings. The predicted molar refractivity (Wildman–Crippen MR) is 133 cm³/mol. The van der Waals surface area contributed by atoms with E-state index in [1.54, 1.807) is 12.9 Å². The van der Waals surface area contributed by atoms with Crippen LogP contribution < -0.4 is 11.1 Å². The zero-order valence-corrected chi connectivity index (χ0v) is 20.1. The van der Waals surface area contributed by atoms with Gasteiger partial charge >= 0.3 is 0 Å². The number of anilines is 2. The molecule has 3 aromatic rings. The fourth-order valence-corrected chi connectivity index (χ4v) is 4.20. The van der Waals surface area contributed by atoms with Gasteiger partial charge in [-0.25, -0.2) is 9.78 Å². The number of fused-ring (bicyclic) bond motifs is 1. The summed E-state index contributed by atoms with van der Waals surface area (Å²) in [5.41, 5.74) is 8.71. The van der Waals surface area contributed by atoms with Gasteiger partial charge in [0.1, 0.15) is 29.8 Å². The summed E-state index contributed by atoms with van der Waals surface area (Å²) in [5.74, 6) is 2.12. The molecule has 0 aliphatic carbocycles. The highest BCUT2D eigenvalue weighted by molar-refractivity contribution is 5.83. The van der Waals surface area contributed by atoms with E-state index in [2.05, 4.69) is 20.3 Å². The van der Waals surface area contributed by atoms with Crippen molar-refractivity contribution in [1.82, 2.24) is 24.4 Å². The Morgan fingerprint density at radius 1 is 1.24 bits per heavy atom. The summed E-state index contributed by atoms with van der Waals surface area (Å²) in [6.45, 7) is 2.35. The molecule has 13 nitrogen and oxygen atoms in total. The number of nitrogens with one attached hydrogen (secondary N) is 1. The first-order valence-corrected chi connectivity index (χ1v) is 11.8. The van der Waals surface area contributed by atoms with E-state index in [-0.39, 0.29) is 29.5 Å². The number of hydrogen-bond acceptors (Lipinski definition) is 11. The van der Waals surface area contributed by atoms with Crippen molar-refractivity contribution in [2.45, 2.75) is 50.5 Å². The van der Waals surface area contributed by atoms with Crippen LogP contribution >= 0.6 is 0 Å². The number of aliphatic hydroxyl groups excluding tert-OH is 3. The Morgan fingerprint density at radius 3 is 2.65 bits per heavy atom. The van der Waals surface area contributed by atoms with E-state index in [4.69, 9.17) is 10.5 Å². The number of ether oxygens (including phenoxy) is 1. The number of aliphatic hydroxyl groups is 3. The highest BCUT2D eigenvalue weighted by atomic mass is 16.6. The van der Waals surface area contributed by atoms with Crippen molar-refractivity contribution in [3.63, 3.8) is 0 Å². The molecule has 4 rings (SSSR count). The van der Waals surface area contributed by atoms with Crippen LogP contribution in [0.25, 0.3) is 11.2 Å². The fourth-order valence-electron chi connectivity index (χ4n) is 4.20. The van der Waals surface area contributed by atoms with Crippen molar-refractivity contribution in [3.8, 4) is 0 Å². The predicted octanol–water partition coefficient (Wildman–Crippen LogP) is -0.591. The SMILES string of the molecule is CCN(C=O)C(O)[C@H]1O[C@@H](n2cnc3c(N)nc(NCCc4ccc(CC=C=O)cc4)nc32)[C@H](O)[C@@H]1O. The largest absolute Gasteiger partial charge is 0.387 e. The summed E-state index contributed by atoms with van der Waals surface area (Å²) < 4.78 is 7.17. The van der Waals surface area contributed by atoms with Crippen molar-refractivity contribution < 1.29 is 29.6 Å². The second kappa shape index (κ2) is 11.5. The third kappa shape index (κ3) is 5.45. The van der Waals surface area contributed by atoms with Crippen molar-refractivity contribution in [1.29, 1.82) is 0 Å². The summed E-state index contributed by atoms with van der Waals surface area (Å²) in [6, 6.07) is 7.84. The van der Waals surface area contributed by atoms with Crippen LogP contribution in [-0.2, 0) is 27.2 Å². The van der Waals surface area contributed by atoms with Gasteiger partial charge in [-0.1, -0.05) is 24.3 Å². The molecule has 0 radical (unpaired) electrons. The number of carbonyl (C=O) groups excluding carboxylic acids is 2. The van der Waals surface area contributed by atoms with Crippen LogP contribution in [0.1, 0.15) is 24.3 Å². The fraction of sp³-hybridized carbons (Fsp3) is 0.417. The quantitative estimate of drug-likeness (QED) is 0.126. The molecular weight excluding hydrogens is 482 g/mol. The molecule has 37 heavy (non-hydrogen) atoms. The van der Waals surface area contributed by atoms with Gasteiger partial charge in [0.05, 0.1) is 6.33 Å². The Bertz CT molecular complexity index is 1280. The van der Waals surface area contributed by atoms with Gasteiger partial charge in [0.25, 0.3) is 0 Å². The molecule has 1 aromatic carbocycles. The lowest BCUT2D eigenvalue weighted by Gasteiger charge is -2.28. The first kappa shape index (κ1) is 26.2. The average molecular weight is 512 g/mol. The van der Waals surface area contributed by atoms with Gasteiger partial charge in [-0.15, -0.1) is 0 Å². The zero-order valence-electron chi connectivity index (χ0n) is 20.1. The molecule has 1 saturated heterocycles. The molecule has 196 valence electrons. The number of likely N-dealkylation sites (N-methyl/N-ethyl adjacent to an activating group) is 1. The minimum absolute atomic E-state index is 0.113. The molecule has 0 saturated carbocycles. The highest BCUT2D eigenvalue weighted by Gasteiger charge is 2.48. The number of amides is 1. The van der Waals surface area contributed by atoms with Gasteiger partial charge in [0, 0.05) is 25.6 Å². The lowest BCUT2D eigenvalue weighted by molar-refractivity contribution is -0.152. The minimum Gasteiger partial charge on any atom is -0.387 e. The van der Waals surface area contributed by atoms with Gasteiger partial charge in [0.15, 0.2) is 23.9 Å². The maximum Gasteiger partial charge on any atom is 0.226 e. The number of carbonyl (C=O) groups is 1. The highest BCUT2D eigenvalue weighted by Crippen LogP contribution is 2.34. The summed E-state index contributed by atoms with van der Waals surface area (Å²) >= 11 is 0. The van der Waals surface area contributed by atoms with Gasteiger partial charge in [-0.05, 0) is 24.5 Å². The number of rotatable bonds is 11. The summed E-state index contributed by atoms with van der Waals surface area (Å²) in [4.78, 5) is 35.5. The first-order chi connectivity index (χ1) is 17.9. The molecule has 6 N–H and O–H groups in total. The van der Waals surface area contributed by atoms with Crippen molar-refractivity contribution >= 4 is 35.3 Å². The van der Waals surface area contributed by atoms with Crippen molar-refractivity contribution in [2.24, 2.45) is 0 Å². The Balaban J connectivity index is 1.49. The first-order valence-electron chi connectivity index (χ1n) is 11.8. The van der Waals surface area contributed by atoms with E-state index in [1.165, 1.54) is 17.0 Å². The smallest absolute Gasteiger partial charge is 0.226 e. The minimum atomic E-state index is -1.47. The Kier molecular flexibility index (Phi) is 8.11. The van der Waals surface area contributed by atoms with Gasteiger partial charge < -0.3 is 36.0 Å². The topological polar surface area (TPSA) is 189 Å². The molecule has 1 aliphatic rings. The average Bonchev–Trinajstić information content (AvgIpc) is 3.45. The Morgan fingerprint density at radius 2 is 1.97 bits per heavy atom. The molecule has 3 heterocycles. The number of benzene rings is 1. The van der Waals surface area contributed by atoms with E-state index in [1.807, 2.05) is 24.3 Å². The van der Waals surface area contributed by atoms with Gasteiger partial charge in [0.2, 0.25) is 12.4 Å². The van der Waals surface area contributed by atoms with Crippen LogP contribution in [0, 0.1) is 0 Å². The number of nitrogens with zero attached hydrogens (tertiary/aromatic N) is 5. The maximum absolute atomic E-state index is 11.2. The summed E-state index contributed by atoms with van der Waals surface area (Å²) in [6.07, 6.45) is -2.31. The number of imidazole rings is 1. The summed E-state index contributed by atoms with van der Waals surface area (Å²) in [5, 5.41) is 34.7.